The Bertz CT molecular complexity index is 1240. The van der Waals surface area contributed by atoms with E-state index in [1.807, 2.05) is 23.9 Å². The molecule has 174 valence electrons. The lowest BCUT2D eigenvalue weighted by atomic mass is 9.88. The number of anilines is 1. The predicted octanol–water partition coefficient (Wildman–Crippen LogP) is 3.43. The molecule has 0 saturated carbocycles. The van der Waals surface area contributed by atoms with Crippen LogP contribution in [-0.4, -0.2) is 33.1 Å². The second-order valence-corrected chi connectivity index (χ2v) is 9.13. The number of pyridine rings is 1. The number of nitrogens with one attached hydrogen (secondary N) is 2. The van der Waals surface area contributed by atoms with Crippen LogP contribution < -0.4 is 10.6 Å². The lowest BCUT2D eigenvalue weighted by molar-refractivity contribution is -0.111. The van der Waals surface area contributed by atoms with E-state index in [0.717, 1.165) is 28.1 Å². The van der Waals surface area contributed by atoms with Crippen LogP contribution in [0.1, 0.15) is 33.7 Å². The van der Waals surface area contributed by atoms with Gasteiger partial charge in [0.15, 0.2) is 0 Å². The van der Waals surface area contributed by atoms with Crippen molar-refractivity contribution in [3.8, 4) is 6.07 Å². The molecule has 1 aliphatic rings. The van der Waals surface area contributed by atoms with E-state index in [2.05, 4.69) is 26.7 Å². The van der Waals surface area contributed by atoms with E-state index in [1.165, 1.54) is 17.4 Å². The summed E-state index contributed by atoms with van der Waals surface area (Å²) in [6.07, 6.45) is 11.7. The van der Waals surface area contributed by atoms with Crippen molar-refractivity contribution in [2.75, 3.05) is 11.9 Å². The molecule has 3 heterocycles. The molecule has 0 radical (unpaired) electrons. The van der Waals surface area contributed by atoms with Crippen LogP contribution in [0, 0.1) is 17.2 Å². The van der Waals surface area contributed by atoms with Crippen LogP contribution in [0.25, 0.3) is 6.08 Å². The molecule has 34 heavy (non-hydrogen) atoms. The highest BCUT2D eigenvalue weighted by Gasteiger charge is 2.27. The summed E-state index contributed by atoms with van der Waals surface area (Å²) in [6.45, 7) is 0.603. The number of hydrogen-bond donors (Lipinski definition) is 2. The Morgan fingerprint density at radius 1 is 1.44 bits per heavy atom. The first kappa shape index (κ1) is 23.2. The number of carbonyl (C=O) groups is 2. The molecular formula is C24H24N6O3S. The van der Waals surface area contributed by atoms with Crippen molar-refractivity contribution in [3.05, 3.63) is 70.4 Å². The highest BCUT2D eigenvalue weighted by molar-refractivity contribution is 7.16. The number of aromatic nitrogens is 3. The lowest BCUT2D eigenvalue weighted by Crippen LogP contribution is -2.27. The number of alkyl carbamates (subject to hydrolysis) is 1. The Morgan fingerprint density at radius 3 is 3.06 bits per heavy atom. The molecule has 0 bridgehead atoms. The molecule has 10 heteroatoms. The van der Waals surface area contributed by atoms with E-state index in [-0.39, 0.29) is 11.8 Å². The number of amides is 2. The fraction of sp³-hybridized carbons (Fsp3) is 0.292. The number of imidazole rings is 1. The van der Waals surface area contributed by atoms with E-state index in [1.54, 1.807) is 30.9 Å². The summed E-state index contributed by atoms with van der Waals surface area (Å²) < 4.78 is 7.21. The van der Waals surface area contributed by atoms with Gasteiger partial charge in [0, 0.05) is 36.6 Å². The molecule has 1 unspecified atom stereocenters. The summed E-state index contributed by atoms with van der Waals surface area (Å²) in [5.41, 5.74) is 3.08. The maximum atomic E-state index is 12.4. The van der Waals surface area contributed by atoms with Gasteiger partial charge in [-0.05, 0) is 48.4 Å². The number of hydrogen-bond acceptors (Lipinski definition) is 7. The van der Waals surface area contributed by atoms with Crippen molar-refractivity contribution in [1.29, 1.82) is 5.26 Å². The highest BCUT2D eigenvalue weighted by atomic mass is 32.1. The van der Waals surface area contributed by atoms with Gasteiger partial charge >= 0.3 is 6.09 Å². The molecule has 3 aromatic rings. The third kappa shape index (κ3) is 5.88. The fourth-order valence-electron chi connectivity index (χ4n) is 3.77. The second kappa shape index (κ2) is 10.8. The number of nitrogens with zero attached hydrogens (tertiary/aromatic N) is 4. The Morgan fingerprint density at radius 2 is 2.32 bits per heavy atom. The average Bonchev–Trinajstić information content (AvgIpc) is 3.42. The van der Waals surface area contributed by atoms with Gasteiger partial charge in [-0.25, -0.2) is 9.78 Å². The van der Waals surface area contributed by atoms with Gasteiger partial charge in [0.1, 0.15) is 11.1 Å². The zero-order valence-electron chi connectivity index (χ0n) is 18.7. The van der Waals surface area contributed by atoms with Gasteiger partial charge in [-0.1, -0.05) is 6.07 Å². The minimum atomic E-state index is -0.478. The van der Waals surface area contributed by atoms with Crippen molar-refractivity contribution >= 4 is 34.4 Å². The molecule has 1 atom stereocenters. The number of rotatable bonds is 7. The lowest BCUT2D eigenvalue weighted by Gasteiger charge is -2.21. The second-order valence-electron chi connectivity index (χ2n) is 8.02. The van der Waals surface area contributed by atoms with Crippen molar-refractivity contribution in [2.24, 2.45) is 13.0 Å². The van der Waals surface area contributed by atoms with Crippen LogP contribution >= 0.6 is 11.3 Å². The van der Waals surface area contributed by atoms with E-state index in [0.29, 0.717) is 36.6 Å². The first-order valence-corrected chi connectivity index (χ1v) is 11.6. The van der Waals surface area contributed by atoms with Gasteiger partial charge in [-0.15, -0.1) is 11.3 Å². The van der Waals surface area contributed by atoms with E-state index in [4.69, 9.17) is 4.74 Å². The number of aryl methyl sites for hydroxylation is 1. The monoisotopic (exact) mass is 476 g/mol. The molecule has 2 amide bonds. The standard InChI is InChI=1S/C24H24N6O3S/c1-30-13-18(28-15-30)12-27-24(32)33-14-17-4-6-19-20(10-25)23(34-21(19)9-17)29-22(31)7-5-16-3-2-8-26-11-16/h2-3,5,7-8,11,13,15,17H,4,6,9,12,14H2,1H3,(H,27,32)(H,29,31)/b7-5+. The molecule has 0 spiro atoms. The largest absolute Gasteiger partial charge is 0.449 e. The quantitative estimate of drug-likeness (QED) is 0.504. The van der Waals surface area contributed by atoms with Crippen molar-refractivity contribution in [1.82, 2.24) is 19.9 Å². The molecule has 0 saturated heterocycles. The smallest absolute Gasteiger partial charge is 0.407 e. The van der Waals surface area contributed by atoms with Crippen LogP contribution in [0.4, 0.5) is 9.80 Å². The maximum absolute atomic E-state index is 12.4. The third-order valence-corrected chi connectivity index (χ3v) is 6.62. The third-order valence-electron chi connectivity index (χ3n) is 5.45. The molecule has 2 N–H and O–H groups in total. The highest BCUT2D eigenvalue weighted by Crippen LogP contribution is 2.39. The number of fused-ring (bicyclic) bond motifs is 1. The SMILES string of the molecule is Cn1cnc(CNC(=O)OCC2CCc3c(sc(NC(=O)/C=C/c4cccnc4)c3C#N)C2)c1. The van der Waals surface area contributed by atoms with Crippen LogP contribution in [0.2, 0.25) is 0 Å². The van der Waals surface area contributed by atoms with Gasteiger partial charge < -0.3 is 19.9 Å². The minimum Gasteiger partial charge on any atom is -0.449 e. The first-order chi connectivity index (χ1) is 16.5. The van der Waals surface area contributed by atoms with Crippen molar-refractivity contribution in [3.63, 3.8) is 0 Å². The topological polar surface area (TPSA) is 122 Å². The van der Waals surface area contributed by atoms with Crippen LogP contribution in [0.15, 0.2) is 43.1 Å². The van der Waals surface area contributed by atoms with Gasteiger partial charge in [0.2, 0.25) is 5.91 Å². The Hall–Kier alpha value is -3.97. The van der Waals surface area contributed by atoms with Gasteiger partial charge in [-0.3, -0.25) is 9.78 Å². The molecular weight excluding hydrogens is 452 g/mol. The molecule has 0 aromatic carbocycles. The van der Waals surface area contributed by atoms with Gasteiger partial charge in [0.25, 0.3) is 0 Å². The number of carbonyl (C=O) groups excluding carboxylic acids is 2. The molecule has 0 aliphatic heterocycles. The van der Waals surface area contributed by atoms with Crippen LogP contribution in [0.5, 0.6) is 0 Å². The normalized spacial score (nSPS) is 14.9. The van der Waals surface area contributed by atoms with Gasteiger partial charge in [0.05, 0.1) is 30.7 Å². The summed E-state index contributed by atoms with van der Waals surface area (Å²) in [7, 11) is 1.87. The maximum Gasteiger partial charge on any atom is 0.407 e. The van der Waals surface area contributed by atoms with Crippen molar-refractivity contribution in [2.45, 2.75) is 25.8 Å². The Balaban J connectivity index is 1.31. The molecule has 1 aliphatic carbocycles. The average molecular weight is 477 g/mol. The number of ether oxygens (including phenoxy) is 1. The summed E-state index contributed by atoms with van der Waals surface area (Å²) in [6, 6.07) is 5.88. The number of thiophene rings is 1. The molecule has 0 fully saturated rings. The van der Waals surface area contributed by atoms with Crippen LogP contribution in [0.3, 0.4) is 0 Å². The summed E-state index contributed by atoms with van der Waals surface area (Å²) in [5.74, 6) is -0.143. The van der Waals surface area contributed by atoms with E-state index in [9.17, 15) is 14.9 Å². The Kier molecular flexibility index (Phi) is 7.34. The van der Waals surface area contributed by atoms with Crippen LogP contribution in [-0.2, 0) is 36.0 Å². The van der Waals surface area contributed by atoms with Gasteiger partial charge in [-0.2, -0.15) is 5.26 Å². The van der Waals surface area contributed by atoms with E-state index < -0.39 is 6.09 Å². The first-order valence-electron chi connectivity index (χ1n) is 10.8. The number of nitriles is 1. The van der Waals surface area contributed by atoms with E-state index >= 15 is 0 Å². The zero-order chi connectivity index (χ0) is 23.9. The summed E-state index contributed by atoms with van der Waals surface area (Å²) in [5, 5.41) is 15.8. The summed E-state index contributed by atoms with van der Waals surface area (Å²) in [4.78, 5) is 33.6. The summed E-state index contributed by atoms with van der Waals surface area (Å²) >= 11 is 1.42. The minimum absolute atomic E-state index is 0.160. The molecule has 4 rings (SSSR count). The fourth-order valence-corrected chi connectivity index (χ4v) is 5.08. The molecule has 3 aromatic heterocycles. The zero-order valence-corrected chi connectivity index (χ0v) is 19.5. The predicted molar refractivity (Wildman–Crippen MR) is 128 cm³/mol. The van der Waals surface area contributed by atoms with Crippen molar-refractivity contribution < 1.29 is 14.3 Å². The Labute approximate surface area is 201 Å². The molecule has 9 nitrogen and oxygen atoms in total.